The highest BCUT2D eigenvalue weighted by Gasteiger charge is 2.33. The van der Waals surface area contributed by atoms with Crippen LogP contribution >= 0.6 is 28.3 Å². The van der Waals surface area contributed by atoms with E-state index in [0.717, 1.165) is 16.6 Å². The average Bonchev–Trinajstić information content (AvgIpc) is 2.57. The van der Waals surface area contributed by atoms with Crippen molar-refractivity contribution in [1.29, 1.82) is 0 Å². The van der Waals surface area contributed by atoms with Crippen LogP contribution in [0.5, 0.6) is 0 Å². The molecule has 1 N–H and O–H groups in total. The van der Waals surface area contributed by atoms with E-state index in [1.807, 2.05) is 24.3 Å². The average molecular weight is 295 g/mol. The molecule has 1 aliphatic heterocycles. The lowest BCUT2D eigenvalue weighted by molar-refractivity contribution is 0.190. The Balaban J connectivity index is 0.00000112. The lowest BCUT2D eigenvalue weighted by Gasteiger charge is -2.17. The van der Waals surface area contributed by atoms with E-state index >= 15 is 0 Å². The smallest absolute Gasteiger partial charge is 0.128 e. The Bertz CT molecular complexity index is 309. The van der Waals surface area contributed by atoms with Gasteiger partial charge in [0.05, 0.1) is 0 Å². The van der Waals surface area contributed by atoms with E-state index < -0.39 is 5.67 Å². The Labute approximate surface area is 104 Å². The molecule has 4 heteroatoms. The van der Waals surface area contributed by atoms with Gasteiger partial charge in [-0.1, -0.05) is 28.1 Å². The summed E-state index contributed by atoms with van der Waals surface area (Å²) in [4.78, 5) is 0. The minimum atomic E-state index is -1.03. The summed E-state index contributed by atoms with van der Waals surface area (Å²) in [5.41, 5.74) is 0.0350. The SMILES string of the molecule is Cl.FC1(Cc2ccc(Br)cc2)CCNC1. The Morgan fingerprint density at radius 2 is 2.00 bits per heavy atom. The second kappa shape index (κ2) is 5.28. The van der Waals surface area contributed by atoms with Crippen molar-refractivity contribution in [1.82, 2.24) is 5.32 Å². The van der Waals surface area contributed by atoms with E-state index in [0.29, 0.717) is 19.4 Å². The van der Waals surface area contributed by atoms with Gasteiger partial charge >= 0.3 is 0 Å². The summed E-state index contributed by atoms with van der Waals surface area (Å²) in [5.74, 6) is 0. The standard InChI is InChI=1S/C11H13BrFN.ClH/c12-10-3-1-9(2-4-10)7-11(13)5-6-14-8-11;/h1-4,14H,5-8H2;1H. The van der Waals surface area contributed by atoms with Gasteiger partial charge in [0.15, 0.2) is 0 Å². The molecule has 0 radical (unpaired) electrons. The van der Waals surface area contributed by atoms with Crippen LogP contribution < -0.4 is 5.32 Å². The first-order valence-corrected chi connectivity index (χ1v) is 5.61. The maximum Gasteiger partial charge on any atom is 0.128 e. The van der Waals surface area contributed by atoms with Gasteiger partial charge in [-0.05, 0) is 30.7 Å². The lowest BCUT2D eigenvalue weighted by Crippen LogP contribution is -2.28. The van der Waals surface area contributed by atoms with Gasteiger partial charge < -0.3 is 5.32 Å². The molecule has 0 bridgehead atoms. The van der Waals surface area contributed by atoms with E-state index in [2.05, 4.69) is 21.2 Å². The number of benzene rings is 1. The maximum absolute atomic E-state index is 14.0. The van der Waals surface area contributed by atoms with E-state index in [9.17, 15) is 4.39 Å². The van der Waals surface area contributed by atoms with Crippen LogP contribution in [-0.4, -0.2) is 18.8 Å². The third-order valence-electron chi connectivity index (χ3n) is 2.63. The van der Waals surface area contributed by atoms with Crippen molar-refractivity contribution >= 4 is 28.3 Å². The van der Waals surface area contributed by atoms with E-state index in [4.69, 9.17) is 0 Å². The van der Waals surface area contributed by atoms with Crippen molar-refractivity contribution < 1.29 is 4.39 Å². The van der Waals surface area contributed by atoms with Crippen LogP contribution in [0.2, 0.25) is 0 Å². The molecule has 0 aliphatic carbocycles. The van der Waals surface area contributed by atoms with Crippen LogP contribution in [-0.2, 0) is 6.42 Å². The number of nitrogens with one attached hydrogen (secondary N) is 1. The van der Waals surface area contributed by atoms with Crippen molar-refractivity contribution in [2.75, 3.05) is 13.1 Å². The molecule has 0 aromatic heterocycles. The minimum absolute atomic E-state index is 0. The van der Waals surface area contributed by atoms with Crippen LogP contribution in [0.4, 0.5) is 4.39 Å². The molecular weight excluding hydrogens is 280 g/mol. The van der Waals surface area contributed by atoms with Crippen LogP contribution in [0, 0.1) is 0 Å². The molecule has 1 aliphatic rings. The molecule has 84 valence electrons. The quantitative estimate of drug-likeness (QED) is 0.884. The zero-order valence-corrected chi connectivity index (χ0v) is 10.7. The Morgan fingerprint density at radius 1 is 1.33 bits per heavy atom. The highest BCUT2D eigenvalue weighted by atomic mass is 79.9. The fourth-order valence-electron chi connectivity index (χ4n) is 1.83. The number of halogens is 3. The van der Waals surface area contributed by atoms with E-state index in [1.165, 1.54) is 0 Å². The molecule has 1 aromatic rings. The first-order chi connectivity index (χ1) is 6.68. The molecule has 1 unspecified atom stereocenters. The first-order valence-electron chi connectivity index (χ1n) is 4.82. The summed E-state index contributed by atoms with van der Waals surface area (Å²) in [6.07, 6.45) is 1.15. The number of alkyl halides is 1. The molecule has 1 aromatic carbocycles. The van der Waals surface area contributed by atoms with Crippen LogP contribution in [0.3, 0.4) is 0 Å². The lowest BCUT2D eigenvalue weighted by atomic mass is 9.96. The second-order valence-electron chi connectivity index (χ2n) is 3.88. The molecule has 0 amide bonds. The van der Waals surface area contributed by atoms with E-state index in [1.54, 1.807) is 0 Å². The molecule has 0 saturated carbocycles. The zero-order chi connectivity index (χ0) is 10.0. The third-order valence-corrected chi connectivity index (χ3v) is 3.15. The third kappa shape index (κ3) is 3.44. The summed E-state index contributed by atoms with van der Waals surface area (Å²) in [6.45, 7) is 1.29. The van der Waals surface area contributed by atoms with Crippen LogP contribution in [0.15, 0.2) is 28.7 Å². The van der Waals surface area contributed by atoms with Gasteiger partial charge in [-0.2, -0.15) is 0 Å². The molecule has 1 saturated heterocycles. The fraction of sp³-hybridized carbons (Fsp3) is 0.455. The molecule has 15 heavy (non-hydrogen) atoms. The summed E-state index contributed by atoms with van der Waals surface area (Å²) in [7, 11) is 0. The van der Waals surface area contributed by atoms with Crippen LogP contribution in [0.1, 0.15) is 12.0 Å². The molecule has 1 nitrogen and oxygen atoms in total. The van der Waals surface area contributed by atoms with Crippen molar-refractivity contribution in [2.24, 2.45) is 0 Å². The second-order valence-corrected chi connectivity index (χ2v) is 4.80. The monoisotopic (exact) mass is 293 g/mol. The minimum Gasteiger partial charge on any atom is -0.313 e. The zero-order valence-electron chi connectivity index (χ0n) is 8.30. The molecular formula is C11H14BrClFN. The highest BCUT2D eigenvalue weighted by molar-refractivity contribution is 9.10. The van der Waals surface area contributed by atoms with Gasteiger partial charge in [0.2, 0.25) is 0 Å². The number of hydrogen-bond donors (Lipinski definition) is 1. The van der Waals surface area contributed by atoms with Crippen molar-refractivity contribution in [2.45, 2.75) is 18.5 Å². The summed E-state index contributed by atoms with van der Waals surface area (Å²) < 4.78 is 15.1. The number of rotatable bonds is 2. The normalized spacial score (nSPS) is 24.9. The van der Waals surface area contributed by atoms with Gasteiger partial charge in [-0.15, -0.1) is 12.4 Å². The largest absolute Gasteiger partial charge is 0.313 e. The van der Waals surface area contributed by atoms with Gasteiger partial charge in [-0.3, -0.25) is 0 Å². The molecule has 2 rings (SSSR count). The van der Waals surface area contributed by atoms with Gasteiger partial charge in [-0.25, -0.2) is 4.39 Å². The fourth-order valence-corrected chi connectivity index (χ4v) is 2.10. The summed E-state index contributed by atoms with van der Waals surface area (Å²) in [5, 5.41) is 3.06. The van der Waals surface area contributed by atoms with Crippen molar-refractivity contribution in [3.05, 3.63) is 34.3 Å². The van der Waals surface area contributed by atoms with E-state index in [-0.39, 0.29) is 12.4 Å². The van der Waals surface area contributed by atoms with Crippen molar-refractivity contribution in [3.8, 4) is 0 Å². The van der Waals surface area contributed by atoms with Gasteiger partial charge in [0.25, 0.3) is 0 Å². The molecule has 1 fully saturated rings. The van der Waals surface area contributed by atoms with Gasteiger partial charge in [0, 0.05) is 17.4 Å². The first kappa shape index (κ1) is 12.9. The highest BCUT2D eigenvalue weighted by Crippen LogP contribution is 2.25. The summed E-state index contributed by atoms with van der Waals surface area (Å²) in [6, 6.07) is 7.87. The Morgan fingerprint density at radius 3 is 2.53 bits per heavy atom. The van der Waals surface area contributed by atoms with Crippen LogP contribution in [0.25, 0.3) is 0 Å². The van der Waals surface area contributed by atoms with Gasteiger partial charge in [0.1, 0.15) is 5.67 Å². The topological polar surface area (TPSA) is 12.0 Å². The molecule has 1 heterocycles. The number of hydrogen-bond acceptors (Lipinski definition) is 1. The summed E-state index contributed by atoms with van der Waals surface area (Å²) >= 11 is 3.37. The Hall–Kier alpha value is -0.120. The predicted molar refractivity (Wildman–Crippen MR) is 66.4 cm³/mol. The Kier molecular flexibility index (Phi) is 4.56. The predicted octanol–water partition coefficient (Wildman–Crippen LogP) is 3.12. The molecule has 0 spiro atoms. The van der Waals surface area contributed by atoms with Crippen molar-refractivity contribution in [3.63, 3.8) is 0 Å². The maximum atomic E-state index is 14.0. The molecule has 1 atom stereocenters.